The molecule has 0 rings (SSSR count). The fourth-order valence-corrected chi connectivity index (χ4v) is 1.32. The topological polar surface area (TPSA) is 37.3 Å². The smallest absolute Gasteiger partial charge is 0.173 e. The minimum absolute atomic E-state index is 0.159. The van der Waals surface area contributed by atoms with Gasteiger partial charge in [0, 0.05) is 6.42 Å². The van der Waals surface area contributed by atoms with Gasteiger partial charge in [0.25, 0.3) is 0 Å². The van der Waals surface area contributed by atoms with E-state index in [-0.39, 0.29) is 5.78 Å². The maximum atomic E-state index is 11.1. The van der Waals surface area contributed by atoms with Crippen LogP contribution in [0.2, 0.25) is 19.6 Å². The Hall–Kier alpha value is -0.593. The van der Waals surface area contributed by atoms with E-state index in [4.69, 9.17) is 0 Å². The molecule has 0 unspecified atom stereocenters. The van der Waals surface area contributed by atoms with Crippen LogP contribution in [0.3, 0.4) is 0 Å². The van der Waals surface area contributed by atoms with Gasteiger partial charge in [-0.2, -0.15) is 0 Å². The molecule has 0 aromatic rings. The molecule has 13 heavy (non-hydrogen) atoms. The van der Waals surface area contributed by atoms with Gasteiger partial charge in [0.05, 0.1) is 0 Å². The minimum atomic E-state index is -1.46. The number of ketones is 1. The second-order valence-corrected chi connectivity index (χ2v) is 8.89. The normalized spacial score (nSPS) is 13.0. The fraction of sp³-hybridized carbons (Fsp3) is 0.700. The summed E-state index contributed by atoms with van der Waals surface area (Å²) in [6.07, 6.45) is 0.123. The summed E-state index contributed by atoms with van der Waals surface area (Å²) in [4.78, 5) is 11.1. The van der Waals surface area contributed by atoms with Crippen molar-refractivity contribution in [1.29, 1.82) is 0 Å². The molecule has 0 aromatic carbocycles. The SMILES string of the molecule is CCCC(=O)[C@@H](O)C#C[Si](C)(C)C. The van der Waals surface area contributed by atoms with Crippen LogP contribution in [0.1, 0.15) is 19.8 Å². The van der Waals surface area contributed by atoms with Gasteiger partial charge in [0.2, 0.25) is 0 Å². The first-order chi connectivity index (χ1) is 5.87. The standard InChI is InChI=1S/C10H18O2Si/c1-5-6-9(11)10(12)7-8-13(2,3)4/h10,12H,5-6H2,1-4H3/t10-/m0/s1. The number of aliphatic hydroxyl groups excluding tert-OH is 1. The summed E-state index contributed by atoms with van der Waals surface area (Å²) < 4.78 is 0. The van der Waals surface area contributed by atoms with Crippen LogP contribution >= 0.6 is 0 Å². The number of hydrogen-bond acceptors (Lipinski definition) is 2. The Kier molecular flexibility index (Phi) is 4.97. The summed E-state index contributed by atoms with van der Waals surface area (Å²) in [6, 6.07) is 0. The number of rotatable bonds is 3. The van der Waals surface area contributed by atoms with Gasteiger partial charge in [-0.15, -0.1) is 5.54 Å². The third-order valence-electron chi connectivity index (χ3n) is 1.39. The molecule has 1 N–H and O–H groups in total. The van der Waals surface area contributed by atoms with Gasteiger partial charge in [-0.25, -0.2) is 0 Å². The lowest BCUT2D eigenvalue weighted by atomic mass is 10.1. The Balaban J connectivity index is 4.19. The highest BCUT2D eigenvalue weighted by Gasteiger charge is 2.12. The minimum Gasteiger partial charge on any atom is -0.373 e. The molecular formula is C10H18O2Si. The van der Waals surface area contributed by atoms with Crippen LogP contribution < -0.4 is 0 Å². The molecule has 0 radical (unpaired) electrons. The van der Waals surface area contributed by atoms with Gasteiger partial charge in [0.15, 0.2) is 11.9 Å². The molecule has 0 aliphatic heterocycles. The van der Waals surface area contributed by atoms with Crippen molar-refractivity contribution in [3.63, 3.8) is 0 Å². The molecule has 74 valence electrons. The number of carbonyl (C=O) groups is 1. The highest BCUT2D eigenvalue weighted by molar-refractivity contribution is 6.83. The van der Waals surface area contributed by atoms with Crippen molar-refractivity contribution in [1.82, 2.24) is 0 Å². The summed E-state index contributed by atoms with van der Waals surface area (Å²) in [5.41, 5.74) is 2.98. The monoisotopic (exact) mass is 198 g/mol. The lowest BCUT2D eigenvalue weighted by molar-refractivity contribution is -0.124. The zero-order chi connectivity index (χ0) is 10.5. The van der Waals surface area contributed by atoms with Crippen LogP contribution in [0.15, 0.2) is 0 Å². The summed E-state index contributed by atoms with van der Waals surface area (Å²) in [6.45, 7) is 8.15. The van der Waals surface area contributed by atoms with Gasteiger partial charge in [-0.05, 0) is 6.42 Å². The molecule has 0 saturated heterocycles. The van der Waals surface area contributed by atoms with E-state index >= 15 is 0 Å². The molecule has 0 heterocycles. The van der Waals surface area contributed by atoms with Crippen molar-refractivity contribution in [2.75, 3.05) is 0 Å². The average Bonchev–Trinajstić information content (AvgIpc) is 1.99. The van der Waals surface area contributed by atoms with Crippen molar-refractivity contribution < 1.29 is 9.90 Å². The van der Waals surface area contributed by atoms with Crippen molar-refractivity contribution in [2.45, 2.75) is 45.5 Å². The third kappa shape index (κ3) is 6.56. The van der Waals surface area contributed by atoms with Crippen molar-refractivity contribution in [3.8, 4) is 11.5 Å². The highest BCUT2D eigenvalue weighted by atomic mass is 28.3. The van der Waals surface area contributed by atoms with E-state index < -0.39 is 14.2 Å². The first-order valence-electron chi connectivity index (χ1n) is 4.60. The molecule has 0 saturated carbocycles. The Morgan fingerprint density at radius 3 is 2.38 bits per heavy atom. The zero-order valence-electron chi connectivity index (χ0n) is 8.85. The summed E-state index contributed by atoms with van der Waals surface area (Å²) in [7, 11) is -1.46. The van der Waals surface area contributed by atoms with Crippen LogP contribution in [0.25, 0.3) is 0 Å². The maximum Gasteiger partial charge on any atom is 0.173 e. The Morgan fingerprint density at radius 2 is 2.00 bits per heavy atom. The van der Waals surface area contributed by atoms with E-state index in [1.54, 1.807) is 0 Å². The van der Waals surface area contributed by atoms with Gasteiger partial charge in [-0.3, -0.25) is 4.79 Å². The third-order valence-corrected chi connectivity index (χ3v) is 2.28. The molecule has 0 aliphatic rings. The molecule has 0 fully saturated rings. The van der Waals surface area contributed by atoms with Crippen molar-refractivity contribution in [2.24, 2.45) is 0 Å². The first-order valence-corrected chi connectivity index (χ1v) is 8.10. The van der Waals surface area contributed by atoms with Crippen molar-refractivity contribution >= 4 is 13.9 Å². The van der Waals surface area contributed by atoms with Crippen LogP contribution in [0, 0.1) is 11.5 Å². The lowest BCUT2D eigenvalue weighted by Gasteiger charge is -2.05. The molecule has 1 atom stereocenters. The van der Waals surface area contributed by atoms with Gasteiger partial charge in [-0.1, -0.05) is 32.5 Å². The second-order valence-electron chi connectivity index (χ2n) is 4.14. The van der Waals surface area contributed by atoms with Crippen molar-refractivity contribution in [3.05, 3.63) is 0 Å². The summed E-state index contributed by atoms with van der Waals surface area (Å²) >= 11 is 0. The van der Waals surface area contributed by atoms with Crippen LogP contribution in [0.4, 0.5) is 0 Å². The molecule has 2 nitrogen and oxygen atoms in total. The highest BCUT2D eigenvalue weighted by Crippen LogP contribution is 1.99. The molecule has 0 aliphatic carbocycles. The molecule has 0 spiro atoms. The summed E-state index contributed by atoms with van der Waals surface area (Å²) in [5, 5.41) is 9.31. The van der Waals surface area contributed by atoms with E-state index in [2.05, 4.69) is 31.1 Å². The quantitative estimate of drug-likeness (QED) is 0.552. The van der Waals surface area contributed by atoms with Crippen LogP contribution in [0.5, 0.6) is 0 Å². The number of hydrogen-bond donors (Lipinski definition) is 1. The molecule has 3 heteroatoms. The predicted molar refractivity (Wildman–Crippen MR) is 57.0 cm³/mol. The Morgan fingerprint density at radius 1 is 1.46 bits per heavy atom. The molecule has 0 aromatic heterocycles. The largest absolute Gasteiger partial charge is 0.373 e. The molecule has 0 amide bonds. The van der Waals surface area contributed by atoms with Gasteiger partial charge < -0.3 is 5.11 Å². The molecular weight excluding hydrogens is 180 g/mol. The Bertz CT molecular complexity index is 230. The number of Topliss-reactive ketones (excluding diaryl/α,β-unsaturated/α-hetero) is 1. The van der Waals surface area contributed by atoms with E-state index in [1.165, 1.54) is 0 Å². The number of aliphatic hydroxyl groups is 1. The van der Waals surface area contributed by atoms with E-state index in [1.807, 2.05) is 6.92 Å². The zero-order valence-corrected chi connectivity index (χ0v) is 9.85. The lowest BCUT2D eigenvalue weighted by Crippen LogP contribution is -2.21. The average molecular weight is 198 g/mol. The fourth-order valence-electron chi connectivity index (χ4n) is 0.748. The van der Waals surface area contributed by atoms with E-state index in [0.717, 1.165) is 6.42 Å². The van der Waals surface area contributed by atoms with Crippen LogP contribution in [-0.2, 0) is 4.79 Å². The van der Waals surface area contributed by atoms with E-state index in [0.29, 0.717) is 6.42 Å². The van der Waals surface area contributed by atoms with Crippen LogP contribution in [-0.4, -0.2) is 25.1 Å². The maximum absolute atomic E-state index is 11.1. The Labute approximate surface area is 81.4 Å². The van der Waals surface area contributed by atoms with Gasteiger partial charge >= 0.3 is 0 Å². The molecule has 0 bridgehead atoms. The summed E-state index contributed by atoms with van der Waals surface area (Å²) in [5.74, 6) is 2.47. The predicted octanol–water partition coefficient (Wildman–Crippen LogP) is 1.60. The second kappa shape index (κ2) is 5.20. The number of carbonyl (C=O) groups excluding carboxylic acids is 1. The van der Waals surface area contributed by atoms with Gasteiger partial charge in [0.1, 0.15) is 8.07 Å². The van der Waals surface area contributed by atoms with E-state index in [9.17, 15) is 9.90 Å². The first kappa shape index (κ1) is 12.4.